The van der Waals surface area contributed by atoms with Crippen LogP contribution in [0.3, 0.4) is 0 Å². The average Bonchev–Trinajstić information content (AvgIpc) is 2.67. The van der Waals surface area contributed by atoms with Crippen molar-refractivity contribution in [2.45, 2.75) is 19.3 Å². The molecule has 2 aromatic rings. The Morgan fingerprint density at radius 1 is 1.00 bits per heavy atom. The van der Waals surface area contributed by atoms with Crippen molar-refractivity contribution in [1.82, 2.24) is 10.2 Å². The number of para-hydroxylation sites is 2. The van der Waals surface area contributed by atoms with E-state index >= 15 is 0 Å². The number of rotatable bonds is 4. The molecule has 1 saturated heterocycles. The van der Waals surface area contributed by atoms with Gasteiger partial charge in [-0.15, -0.1) is 0 Å². The molecule has 3 rings (SSSR count). The summed E-state index contributed by atoms with van der Waals surface area (Å²) in [4.78, 5) is 16.5. The normalized spacial score (nSPS) is 15.0. The summed E-state index contributed by atoms with van der Waals surface area (Å²) >= 11 is 0. The minimum absolute atomic E-state index is 0.0223. The van der Waals surface area contributed by atoms with Crippen molar-refractivity contribution >= 4 is 11.7 Å². The van der Waals surface area contributed by atoms with Crippen LogP contribution in [0.1, 0.15) is 19.4 Å². The molecule has 1 aliphatic heterocycles. The third-order valence-corrected chi connectivity index (χ3v) is 5.03. The highest BCUT2D eigenvalue weighted by Crippen LogP contribution is 2.27. The minimum Gasteiger partial charge on any atom is -0.506 e. The fraction of sp³-hybridized carbons (Fsp3) is 0.381. The maximum absolute atomic E-state index is 12.5. The van der Waals surface area contributed by atoms with Gasteiger partial charge in [-0.3, -0.25) is 0 Å². The Labute approximate surface area is 155 Å². The Bertz CT molecular complexity index is 738. The minimum atomic E-state index is -0.116. The van der Waals surface area contributed by atoms with Gasteiger partial charge in [0, 0.05) is 38.1 Å². The summed E-state index contributed by atoms with van der Waals surface area (Å²) in [5.41, 5.74) is 1.93. The highest BCUT2D eigenvalue weighted by atomic mass is 16.3. The second kappa shape index (κ2) is 7.68. The van der Waals surface area contributed by atoms with Gasteiger partial charge in [-0.25, -0.2) is 4.79 Å². The highest BCUT2D eigenvalue weighted by Gasteiger charge is 2.25. The fourth-order valence-corrected chi connectivity index (χ4v) is 3.28. The van der Waals surface area contributed by atoms with Crippen LogP contribution in [0.5, 0.6) is 5.75 Å². The lowest BCUT2D eigenvalue weighted by molar-refractivity contribution is 0.192. The molecule has 1 aliphatic rings. The van der Waals surface area contributed by atoms with Crippen molar-refractivity contribution in [3.63, 3.8) is 0 Å². The molecule has 0 atom stereocenters. The van der Waals surface area contributed by atoms with Gasteiger partial charge in [0.25, 0.3) is 0 Å². The van der Waals surface area contributed by atoms with Crippen LogP contribution in [-0.4, -0.2) is 48.8 Å². The van der Waals surface area contributed by atoms with Crippen LogP contribution < -0.4 is 10.2 Å². The van der Waals surface area contributed by atoms with Crippen LogP contribution in [-0.2, 0) is 5.41 Å². The number of urea groups is 1. The summed E-state index contributed by atoms with van der Waals surface area (Å²) < 4.78 is 0. The number of phenols is 1. The summed E-state index contributed by atoms with van der Waals surface area (Å²) in [6, 6.07) is 17.6. The monoisotopic (exact) mass is 353 g/mol. The zero-order chi connectivity index (χ0) is 18.6. The second-order valence-corrected chi connectivity index (χ2v) is 7.37. The second-order valence-electron chi connectivity index (χ2n) is 7.37. The predicted molar refractivity (Wildman–Crippen MR) is 105 cm³/mol. The topological polar surface area (TPSA) is 55.8 Å². The summed E-state index contributed by atoms with van der Waals surface area (Å²) in [5.74, 6) is 0.287. The van der Waals surface area contributed by atoms with E-state index in [2.05, 4.69) is 36.2 Å². The zero-order valence-electron chi connectivity index (χ0n) is 15.5. The number of benzene rings is 2. The van der Waals surface area contributed by atoms with Crippen LogP contribution in [0.4, 0.5) is 10.5 Å². The first-order valence-electron chi connectivity index (χ1n) is 9.08. The van der Waals surface area contributed by atoms with E-state index in [0.29, 0.717) is 32.7 Å². The zero-order valence-corrected chi connectivity index (χ0v) is 15.5. The van der Waals surface area contributed by atoms with Crippen molar-refractivity contribution in [3.05, 3.63) is 60.2 Å². The number of piperazine rings is 1. The third-order valence-electron chi connectivity index (χ3n) is 5.03. The Hall–Kier alpha value is -2.69. The molecule has 0 saturated carbocycles. The van der Waals surface area contributed by atoms with Crippen molar-refractivity contribution < 1.29 is 9.90 Å². The van der Waals surface area contributed by atoms with E-state index in [1.165, 1.54) is 5.56 Å². The third kappa shape index (κ3) is 4.10. The summed E-state index contributed by atoms with van der Waals surface area (Å²) in [7, 11) is 0. The Morgan fingerprint density at radius 3 is 2.27 bits per heavy atom. The molecule has 26 heavy (non-hydrogen) atoms. The summed E-state index contributed by atoms with van der Waals surface area (Å²) in [6.45, 7) is 7.59. The Morgan fingerprint density at radius 2 is 1.62 bits per heavy atom. The van der Waals surface area contributed by atoms with Gasteiger partial charge < -0.3 is 20.2 Å². The summed E-state index contributed by atoms with van der Waals surface area (Å²) in [6.07, 6.45) is 0. The number of aromatic hydroxyl groups is 1. The first kappa shape index (κ1) is 18.1. The molecule has 0 bridgehead atoms. The molecule has 0 spiro atoms. The number of nitrogens with zero attached hydrogens (tertiary/aromatic N) is 2. The SMILES string of the molecule is CC(C)(CNC(=O)N1CCN(c2ccccc2O)CC1)c1ccccc1. The number of hydrogen-bond donors (Lipinski definition) is 2. The van der Waals surface area contributed by atoms with Gasteiger partial charge in [0.05, 0.1) is 5.69 Å². The molecule has 138 valence electrons. The van der Waals surface area contributed by atoms with E-state index in [-0.39, 0.29) is 17.2 Å². The number of carbonyl (C=O) groups is 1. The Balaban J connectivity index is 1.52. The molecular weight excluding hydrogens is 326 g/mol. The predicted octanol–water partition coefficient (Wildman–Crippen LogP) is 3.20. The van der Waals surface area contributed by atoms with E-state index in [9.17, 15) is 9.90 Å². The fourth-order valence-electron chi connectivity index (χ4n) is 3.28. The van der Waals surface area contributed by atoms with E-state index in [0.717, 1.165) is 5.69 Å². The van der Waals surface area contributed by atoms with Crippen molar-refractivity contribution in [1.29, 1.82) is 0 Å². The molecule has 0 aliphatic carbocycles. The molecule has 5 nitrogen and oxygen atoms in total. The van der Waals surface area contributed by atoms with Crippen LogP contribution in [0, 0.1) is 0 Å². The molecule has 0 radical (unpaired) electrons. The molecule has 0 unspecified atom stereocenters. The van der Waals surface area contributed by atoms with Crippen molar-refractivity contribution in [3.8, 4) is 5.75 Å². The van der Waals surface area contributed by atoms with Crippen LogP contribution >= 0.6 is 0 Å². The van der Waals surface area contributed by atoms with Gasteiger partial charge in [-0.2, -0.15) is 0 Å². The lowest BCUT2D eigenvalue weighted by Gasteiger charge is -2.37. The largest absolute Gasteiger partial charge is 0.506 e. The van der Waals surface area contributed by atoms with E-state index in [1.807, 2.05) is 41.3 Å². The standard InChI is InChI=1S/C21H27N3O2/c1-21(2,17-8-4-3-5-9-17)16-22-20(26)24-14-12-23(13-15-24)18-10-6-7-11-19(18)25/h3-11,25H,12-16H2,1-2H3,(H,22,26). The molecule has 2 aromatic carbocycles. The van der Waals surface area contributed by atoms with E-state index in [4.69, 9.17) is 0 Å². The molecule has 1 fully saturated rings. The molecule has 0 aromatic heterocycles. The van der Waals surface area contributed by atoms with Gasteiger partial charge in [-0.05, 0) is 17.7 Å². The van der Waals surface area contributed by atoms with Crippen molar-refractivity contribution in [2.75, 3.05) is 37.6 Å². The molecular formula is C21H27N3O2. The maximum atomic E-state index is 12.5. The molecule has 2 amide bonds. The number of phenolic OH excluding ortho intramolecular Hbond substituents is 1. The summed E-state index contributed by atoms with van der Waals surface area (Å²) in [5, 5.41) is 13.1. The lowest BCUT2D eigenvalue weighted by Crippen LogP contribution is -2.53. The van der Waals surface area contributed by atoms with Crippen LogP contribution in [0.15, 0.2) is 54.6 Å². The van der Waals surface area contributed by atoms with Gasteiger partial charge >= 0.3 is 6.03 Å². The average molecular weight is 353 g/mol. The van der Waals surface area contributed by atoms with Crippen LogP contribution in [0.25, 0.3) is 0 Å². The maximum Gasteiger partial charge on any atom is 0.317 e. The smallest absolute Gasteiger partial charge is 0.317 e. The lowest BCUT2D eigenvalue weighted by atomic mass is 9.85. The molecule has 2 N–H and O–H groups in total. The van der Waals surface area contributed by atoms with E-state index in [1.54, 1.807) is 6.07 Å². The number of carbonyl (C=O) groups excluding carboxylic acids is 1. The first-order valence-corrected chi connectivity index (χ1v) is 9.08. The van der Waals surface area contributed by atoms with Crippen molar-refractivity contribution in [2.24, 2.45) is 0 Å². The quantitative estimate of drug-likeness (QED) is 0.887. The number of amides is 2. The molecule has 5 heteroatoms. The van der Waals surface area contributed by atoms with Gasteiger partial charge in [0.1, 0.15) is 5.75 Å². The number of hydrogen-bond acceptors (Lipinski definition) is 3. The highest BCUT2D eigenvalue weighted by molar-refractivity contribution is 5.75. The number of anilines is 1. The van der Waals surface area contributed by atoms with Gasteiger partial charge in [0.2, 0.25) is 0 Å². The Kier molecular flexibility index (Phi) is 5.35. The number of nitrogens with one attached hydrogen (secondary N) is 1. The van der Waals surface area contributed by atoms with Gasteiger partial charge in [0.15, 0.2) is 0 Å². The molecule has 1 heterocycles. The van der Waals surface area contributed by atoms with Gasteiger partial charge in [-0.1, -0.05) is 56.3 Å². The van der Waals surface area contributed by atoms with E-state index < -0.39 is 0 Å². The first-order chi connectivity index (χ1) is 12.5. The van der Waals surface area contributed by atoms with Crippen LogP contribution in [0.2, 0.25) is 0 Å².